The second kappa shape index (κ2) is 5.73. The molecule has 6 heteroatoms. The third kappa shape index (κ3) is 2.94. The summed E-state index contributed by atoms with van der Waals surface area (Å²) in [7, 11) is 0. The van der Waals surface area contributed by atoms with E-state index in [1.807, 2.05) is 12.1 Å². The molecular formula is C15H9ClFIN2O. The molecule has 0 radical (unpaired) electrons. The quantitative estimate of drug-likeness (QED) is 0.597. The molecule has 0 aliphatic heterocycles. The van der Waals surface area contributed by atoms with Crippen LogP contribution in [0.1, 0.15) is 5.56 Å². The molecule has 3 aromatic rings. The van der Waals surface area contributed by atoms with Crippen LogP contribution in [-0.2, 0) is 6.54 Å². The Morgan fingerprint density at radius 3 is 2.81 bits per heavy atom. The highest BCUT2D eigenvalue weighted by atomic mass is 127. The van der Waals surface area contributed by atoms with Gasteiger partial charge in [0.2, 0.25) is 0 Å². The fourth-order valence-electron chi connectivity index (χ4n) is 2.08. The molecule has 0 aliphatic carbocycles. The summed E-state index contributed by atoms with van der Waals surface area (Å²) in [6.07, 6.45) is 1.48. The minimum Gasteiger partial charge on any atom is -0.294 e. The summed E-state index contributed by atoms with van der Waals surface area (Å²) in [5.41, 5.74) is 1.19. The lowest BCUT2D eigenvalue weighted by atomic mass is 10.2. The van der Waals surface area contributed by atoms with E-state index in [0.717, 1.165) is 3.57 Å². The molecule has 0 fully saturated rings. The van der Waals surface area contributed by atoms with Gasteiger partial charge in [0.25, 0.3) is 5.56 Å². The van der Waals surface area contributed by atoms with Crippen LogP contribution in [0.5, 0.6) is 0 Å². The molecule has 3 nitrogen and oxygen atoms in total. The Bertz CT molecular complexity index is 894. The fourth-order valence-corrected chi connectivity index (χ4v) is 2.80. The first-order chi connectivity index (χ1) is 10.0. The van der Waals surface area contributed by atoms with Crippen LogP contribution in [0.3, 0.4) is 0 Å². The minimum atomic E-state index is -0.401. The highest BCUT2D eigenvalue weighted by Crippen LogP contribution is 2.18. The van der Waals surface area contributed by atoms with Crippen LogP contribution in [0, 0.1) is 9.39 Å². The van der Waals surface area contributed by atoms with E-state index in [1.165, 1.54) is 23.0 Å². The zero-order valence-corrected chi connectivity index (χ0v) is 13.6. The van der Waals surface area contributed by atoms with Crippen molar-refractivity contribution in [2.75, 3.05) is 0 Å². The first-order valence-electron chi connectivity index (χ1n) is 6.13. The monoisotopic (exact) mass is 414 g/mol. The molecule has 0 aliphatic rings. The van der Waals surface area contributed by atoms with E-state index < -0.39 is 5.82 Å². The van der Waals surface area contributed by atoms with Gasteiger partial charge in [0.15, 0.2) is 0 Å². The summed E-state index contributed by atoms with van der Waals surface area (Å²) in [6.45, 7) is 0.256. The number of aromatic nitrogens is 2. The van der Waals surface area contributed by atoms with Crippen molar-refractivity contribution in [1.29, 1.82) is 0 Å². The lowest BCUT2D eigenvalue weighted by Crippen LogP contribution is -2.21. The molecule has 0 saturated heterocycles. The molecule has 0 atom stereocenters. The van der Waals surface area contributed by atoms with Gasteiger partial charge in [-0.05, 0) is 58.5 Å². The summed E-state index contributed by atoms with van der Waals surface area (Å²) >= 11 is 8.15. The van der Waals surface area contributed by atoms with Gasteiger partial charge < -0.3 is 0 Å². The highest BCUT2D eigenvalue weighted by molar-refractivity contribution is 14.1. The van der Waals surface area contributed by atoms with Gasteiger partial charge in [0.05, 0.1) is 23.8 Å². The maximum Gasteiger partial charge on any atom is 0.261 e. The van der Waals surface area contributed by atoms with Crippen molar-refractivity contribution in [2.45, 2.75) is 6.54 Å². The van der Waals surface area contributed by atoms with E-state index in [0.29, 0.717) is 21.5 Å². The summed E-state index contributed by atoms with van der Waals surface area (Å²) < 4.78 is 15.5. The normalized spacial score (nSPS) is 11.0. The van der Waals surface area contributed by atoms with Gasteiger partial charge in [0, 0.05) is 8.59 Å². The molecule has 106 valence electrons. The molecular weight excluding hydrogens is 406 g/mol. The largest absolute Gasteiger partial charge is 0.294 e. The lowest BCUT2D eigenvalue weighted by molar-refractivity contribution is 0.626. The number of rotatable bonds is 2. The predicted molar refractivity (Wildman–Crippen MR) is 89.2 cm³/mol. The van der Waals surface area contributed by atoms with Crippen LogP contribution >= 0.6 is 34.2 Å². The van der Waals surface area contributed by atoms with Crippen molar-refractivity contribution in [3.8, 4) is 0 Å². The van der Waals surface area contributed by atoms with Gasteiger partial charge in [-0.3, -0.25) is 9.36 Å². The second-order valence-corrected chi connectivity index (χ2v) is 6.23. The van der Waals surface area contributed by atoms with Crippen LogP contribution in [0.15, 0.2) is 47.5 Å². The lowest BCUT2D eigenvalue weighted by Gasteiger charge is -2.08. The molecule has 21 heavy (non-hydrogen) atoms. The third-order valence-electron chi connectivity index (χ3n) is 3.14. The van der Waals surface area contributed by atoms with Gasteiger partial charge in [-0.2, -0.15) is 0 Å². The van der Waals surface area contributed by atoms with Crippen molar-refractivity contribution in [1.82, 2.24) is 9.55 Å². The number of hydrogen-bond acceptors (Lipinski definition) is 2. The van der Waals surface area contributed by atoms with Crippen LogP contribution < -0.4 is 5.56 Å². The average molecular weight is 415 g/mol. The van der Waals surface area contributed by atoms with Gasteiger partial charge >= 0.3 is 0 Å². The third-order valence-corrected chi connectivity index (χ3v) is 4.16. The Hall–Kier alpha value is -1.47. The van der Waals surface area contributed by atoms with E-state index in [1.54, 1.807) is 12.1 Å². The average Bonchev–Trinajstić information content (AvgIpc) is 2.45. The Morgan fingerprint density at radius 1 is 1.24 bits per heavy atom. The van der Waals surface area contributed by atoms with Crippen molar-refractivity contribution in [3.05, 3.63) is 73.1 Å². The Morgan fingerprint density at radius 2 is 2.05 bits per heavy atom. The standard InChI is InChI=1S/C15H9ClFIN2O/c16-13-5-10(17)2-1-9(13)7-20-8-19-14-4-3-11(18)6-12(14)15(20)21/h1-6,8H,7H2. The molecule has 0 saturated carbocycles. The predicted octanol–water partition coefficient (Wildman–Crippen LogP) is 3.84. The molecule has 0 unspecified atom stereocenters. The molecule has 0 N–H and O–H groups in total. The van der Waals surface area contributed by atoms with E-state index in [-0.39, 0.29) is 12.1 Å². The van der Waals surface area contributed by atoms with Crippen molar-refractivity contribution in [3.63, 3.8) is 0 Å². The van der Waals surface area contributed by atoms with E-state index in [2.05, 4.69) is 27.6 Å². The Labute approximate surface area is 138 Å². The molecule has 0 bridgehead atoms. The number of fused-ring (bicyclic) bond motifs is 1. The number of hydrogen-bond donors (Lipinski definition) is 0. The Kier molecular flexibility index (Phi) is 3.95. The van der Waals surface area contributed by atoms with Crippen molar-refractivity contribution in [2.24, 2.45) is 0 Å². The zero-order valence-electron chi connectivity index (χ0n) is 10.7. The maximum absolute atomic E-state index is 13.1. The highest BCUT2D eigenvalue weighted by Gasteiger charge is 2.08. The summed E-state index contributed by atoms with van der Waals surface area (Å²) in [4.78, 5) is 16.7. The van der Waals surface area contributed by atoms with Crippen LogP contribution in [0.25, 0.3) is 10.9 Å². The van der Waals surface area contributed by atoms with E-state index in [9.17, 15) is 9.18 Å². The molecule has 3 rings (SSSR count). The first kappa shape index (κ1) is 14.5. The zero-order chi connectivity index (χ0) is 15.0. The first-order valence-corrected chi connectivity index (χ1v) is 7.59. The molecule has 0 amide bonds. The fraction of sp³-hybridized carbons (Fsp3) is 0.0667. The molecule has 2 aromatic carbocycles. The van der Waals surface area contributed by atoms with Crippen LogP contribution in [0.2, 0.25) is 5.02 Å². The SMILES string of the molecule is O=c1c2cc(I)ccc2ncn1Cc1ccc(F)cc1Cl. The Balaban J connectivity index is 2.09. The van der Waals surface area contributed by atoms with Crippen LogP contribution in [0.4, 0.5) is 4.39 Å². The van der Waals surface area contributed by atoms with Gasteiger partial charge in [0.1, 0.15) is 5.82 Å². The molecule has 0 spiro atoms. The van der Waals surface area contributed by atoms with Crippen molar-refractivity contribution < 1.29 is 4.39 Å². The number of nitrogens with zero attached hydrogens (tertiary/aromatic N) is 2. The maximum atomic E-state index is 13.1. The summed E-state index contributed by atoms with van der Waals surface area (Å²) in [6, 6.07) is 9.64. The molecule has 1 heterocycles. The van der Waals surface area contributed by atoms with Crippen LogP contribution in [-0.4, -0.2) is 9.55 Å². The van der Waals surface area contributed by atoms with Gasteiger partial charge in [-0.15, -0.1) is 0 Å². The smallest absolute Gasteiger partial charge is 0.261 e. The summed E-state index contributed by atoms with van der Waals surface area (Å²) in [5, 5.41) is 0.854. The second-order valence-electron chi connectivity index (χ2n) is 4.57. The van der Waals surface area contributed by atoms with Crippen molar-refractivity contribution >= 4 is 45.1 Å². The minimum absolute atomic E-state index is 0.140. The van der Waals surface area contributed by atoms with Gasteiger partial charge in [-0.25, -0.2) is 9.37 Å². The number of halogens is 3. The number of benzene rings is 2. The van der Waals surface area contributed by atoms with E-state index >= 15 is 0 Å². The van der Waals surface area contributed by atoms with E-state index in [4.69, 9.17) is 11.6 Å². The topological polar surface area (TPSA) is 34.9 Å². The van der Waals surface area contributed by atoms with Gasteiger partial charge in [-0.1, -0.05) is 17.7 Å². The summed E-state index contributed by atoms with van der Waals surface area (Å²) in [5.74, 6) is -0.401. The molecule has 1 aromatic heterocycles.